The van der Waals surface area contributed by atoms with E-state index in [9.17, 15) is 4.79 Å². The van der Waals surface area contributed by atoms with Crippen molar-refractivity contribution < 1.29 is 4.79 Å². The zero-order chi connectivity index (χ0) is 21.4. The summed E-state index contributed by atoms with van der Waals surface area (Å²) in [6.45, 7) is 0. The van der Waals surface area contributed by atoms with E-state index < -0.39 is 5.54 Å². The van der Waals surface area contributed by atoms with Gasteiger partial charge >= 0.3 is 0 Å². The first-order valence-corrected chi connectivity index (χ1v) is 10.5. The van der Waals surface area contributed by atoms with Gasteiger partial charge < -0.3 is 16.0 Å². The Bertz CT molecular complexity index is 1240. The molecule has 5 nitrogen and oxygen atoms in total. The van der Waals surface area contributed by atoms with Crippen molar-refractivity contribution in [1.82, 2.24) is 9.97 Å². The molecule has 2 heterocycles. The lowest BCUT2D eigenvalue weighted by Crippen LogP contribution is -2.40. The molecule has 1 aliphatic heterocycles. The number of halogens is 1. The lowest BCUT2D eigenvalue weighted by molar-refractivity contribution is -0.116. The number of carbonyl (C=O) groups excluding carboxylic acids is 1. The first-order valence-electron chi connectivity index (χ1n) is 10.1. The summed E-state index contributed by atoms with van der Waals surface area (Å²) in [4.78, 5) is 19.7. The standard InChI is InChI=1S/C25H21ClN4O/c26-19-8-4-7-17(11-19)25(27,23-14-28-15-29-23)18-9-10-22-21(12-18)20(13-24(31)30-22)16-5-2-1-3-6-16/h1-12,14-15,20H,13,27H2,(H,28,29)(H,30,31). The van der Waals surface area contributed by atoms with Crippen LogP contribution in [0.2, 0.25) is 5.02 Å². The smallest absolute Gasteiger partial charge is 0.225 e. The number of nitrogens with zero attached hydrogens (tertiary/aromatic N) is 1. The fourth-order valence-electron chi connectivity index (χ4n) is 4.37. The molecule has 1 amide bonds. The lowest BCUT2D eigenvalue weighted by atomic mass is 9.77. The Morgan fingerprint density at radius 1 is 1.00 bits per heavy atom. The number of hydrogen-bond acceptors (Lipinski definition) is 3. The van der Waals surface area contributed by atoms with E-state index >= 15 is 0 Å². The highest BCUT2D eigenvalue weighted by Crippen LogP contribution is 2.41. The van der Waals surface area contributed by atoms with Crippen LogP contribution in [0.3, 0.4) is 0 Å². The Hall–Kier alpha value is -3.41. The SMILES string of the molecule is NC(c1cccc(Cl)c1)(c1ccc2c(c1)C(c1ccccc1)CC(=O)N2)c1cnc[nH]1. The Balaban J connectivity index is 1.70. The van der Waals surface area contributed by atoms with E-state index in [1.54, 1.807) is 12.5 Å². The lowest BCUT2D eigenvalue weighted by Gasteiger charge is -2.33. The van der Waals surface area contributed by atoms with Gasteiger partial charge in [-0.1, -0.05) is 66.2 Å². The second kappa shape index (κ2) is 7.69. The van der Waals surface area contributed by atoms with Gasteiger partial charge in [0.2, 0.25) is 5.91 Å². The normalized spacial score (nSPS) is 17.5. The third-order valence-electron chi connectivity index (χ3n) is 5.95. The van der Waals surface area contributed by atoms with Crippen LogP contribution in [0.25, 0.3) is 0 Å². The van der Waals surface area contributed by atoms with Crippen molar-refractivity contribution in [2.75, 3.05) is 5.32 Å². The highest BCUT2D eigenvalue weighted by molar-refractivity contribution is 6.30. The van der Waals surface area contributed by atoms with E-state index in [4.69, 9.17) is 17.3 Å². The van der Waals surface area contributed by atoms with Crippen LogP contribution >= 0.6 is 11.6 Å². The molecule has 1 aliphatic rings. The van der Waals surface area contributed by atoms with Crippen molar-refractivity contribution in [3.8, 4) is 0 Å². The number of H-pyrrole nitrogens is 1. The predicted molar refractivity (Wildman–Crippen MR) is 122 cm³/mol. The Morgan fingerprint density at radius 3 is 2.55 bits per heavy atom. The van der Waals surface area contributed by atoms with Crippen LogP contribution < -0.4 is 11.1 Å². The zero-order valence-corrected chi connectivity index (χ0v) is 17.4. The summed E-state index contributed by atoms with van der Waals surface area (Å²) in [5.41, 5.74) is 11.6. The van der Waals surface area contributed by atoms with Crippen molar-refractivity contribution in [3.05, 3.63) is 118 Å². The quantitative estimate of drug-likeness (QED) is 0.437. The molecule has 3 aromatic carbocycles. The number of carbonyl (C=O) groups is 1. The van der Waals surface area contributed by atoms with Crippen molar-refractivity contribution >= 4 is 23.2 Å². The number of amides is 1. The van der Waals surface area contributed by atoms with Gasteiger partial charge in [-0.3, -0.25) is 4.79 Å². The minimum atomic E-state index is -0.987. The molecular formula is C25H21ClN4O. The molecule has 0 radical (unpaired) electrons. The van der Waals surface area contributed by atoms with Gasteiger partial charge in [-0.15, -0.1) is 0 Å². The molecule has 4 N–H and O–H groups in total. The zero-order valence-electron chi connectivity index (χ0n) is 16.7. The van der Waals surface area contributed by atoms with Gasteiger partial charge in [0.1, 0.15) is 5.54 Å². The van der Waals surface area contributed by atoms with Crippen LogP contribution in [-0.4, -0.2) is 15.9 Å². The number of nitrogens with two attached hydrogens (primary N) is 1. The molecule has 0 saturated heterocycles. The van der Waals surface area contributed by atoms with Gasteiger partial charge in [-0.2, -0.15) is 0 Å². The maximum Gasteiger partial charge on any atom is 0.225 e. The summed E-state index contributed by atoms with van der Waals surface area (Å²) in [6.07, 6.45) is 3.74. The van der Waals surface area contributed by atoms with Gasteiger partial charge in [0.05, 0.1) is 18.2 Å². The van der Waals surface area contributed by atoms with Gasteiger partial charge in [0, 0.05) is 23.0 Å². The maximum atomic E-state index is 12.4. The Labute approximate surface area is 185 Å². The number of fused-ring (bicyclic) bond motifs is 1. The summed E-state index contributed by atoms with van der Waals surface area (Å²) in [5, 5.41) is 3.61. The van der Waals surface area contributed by atoms with Crippen LogP contribution in [0, 0.1) is 0 Å². The number of aromatic amines is 1. The van der Waals surface area contributed by atoms with Crippen molar-refractivity contribution in [3.63, 3.8) is 0 Å². The third-order valence-corrected chi connectivity index (χ3v) is 6.19. The predicted octanol–water partition coefficient (Wildman–Crippen LogP) is 4.79. The van der Waals surface area contributed by atoms with E-state index in [1.165, 1.54) is 0 Å². The first-order chi connectivity index (χ1) is 15.1. The summed E-state index contributed by atoms with van der Waals surface area (Å²) in [6, 6.07) is 23.6. The molecule has 31 heavy (non-hydrogen) atoms. The van der Waals surface area contributed by atoms with Gasteiger partial charge in [-0.05, 0) is 40.5 Å². The number of rotatable bonds is 4. The van der Waals surface area contributed by atoms with E-state index in [2.05, 4.69) is 33.5 Å². The van der Waals surface area contributed by atoms with Gasteiger partial charge in [0.15, 0.2) is 0 Å². The van der Waals surface area contributed by atoms with Crippen molar-refractivity contribution in [2.24, 2.45) is 5.73 Å². The minimum Gasteiger partial charge on any atom is -0.346 e. The molecule has 154 valence electrons. The summed E-state index contributed by atoms with van der Waals surface area (Å²) >= 11 is 6.31. The summed E-state index contributed by atoms with van der Waals surface area (Å²) in [7, 11) is 0. The summed E-state index contributed by atoms with van der Waals surface area (Å²) in [5.74, 6) is -0.0354. The number of benzene rings is 3. The van der Waals surface area contributed by atoms with E-state index in [-0.39, 0.29) is 11.8 Å². The number of nitrogens with one attached hydrogen (secondary N) is 2. The van der Waals surface area contributed by atoms with Gasteiger partial charge in [0.25, 0.3) is 0 Å². The molecule has 2 atom stereocenters. The number of anilines is 1. The topological polar surface area (TPSA) is 83.8 Å². The third kappa shape index (κ3) is 3.42. The average Bonchev–Trinajstić information content (AvgIpc) is 3.34. The molecule has 6 heteroatoms. The van der Waals surface area contributed by atoms with E-state index in [0.29, 0.717) is 11.4 Å². The number of hydrogen-bond donors (Lipinski definition) is 3. The maximum absolute atomic E-state index is 12.4. The van der Waals surface area contributed by atoms with Gasteiger partial charge in [-0.25, -0.2) is 4.98 Å². The van der Waals surface area contributed by atoms with E-state index in [0.717, 1.165) is 33.6 Å². The molecule has 5 rings (SSSR count). The molecule has 0 saturated carbocycles. The van der Waals surface area contributed by atoms with Crippen LogP contribution in [0.4, 0.5) is 5.69 Å². The second-order valence-corrected chi connectivity index (χ2v) is 8.24. The molecule has 0 fully saturated rings. The monoisotopic (exact) mass is 428 g/mol. The Morgan fingerprint density at radius 2 is 1.81 bits per heavy atom. The Kier molecular flexibility index (Phi) is 4.85. The molecular weight excluding hydrogens is 408 g/mol. The molecule has 4 aromatic rings. The minimum absolute atomic E-state index is 0.0107. The highest BCUT2D eigenvalue weighted by Gasteiger charge is 2.36. The summed E-state index contributed by atoms with van der Waals surface area (Å²) < 4.78 is 0. The second-order valence-electron chi connectivity index (χ2n) is 7.80. The molecule has 0 aliphatic carbocycles. The largest absolute Gasteiger partial charge is 0.346 e. The fraction of sp³-hybridized carbons (Fsp3) is 0.120. The molecule has 0 spiro atoms. The van der Waals surface area contributed by atoms with Crippen LogP contribution in [0.15, 0.2) is 85.3 Å². The van der Waals surface area contributed by atoms with Crippen LogP contribution in [0.5, 0.6) is 0 Å². The van der Waals surface area contributed by atoms with Crippen molar-refractivity contribution in [1.29, 1.82) is 0 Å². The molecule has 2 unspecified atom stereocenters. The number of imidazole rings is 1. The van der Waals surface area contributed by atoms with Crippen molar-refractivity contribution in [2.45, 2.75) is 17.9 Å². The molecule has 1 aromatic heterocycles. The van der Waals surface area contributed by atoms with E-state index in [1.807, 2.05) is 54.6 Å². The first kappa shape index (κ1) is 19.5. The average molecular weight is 429 g/mol. The molecule has 0 bridgehead atoms. The number of aromatic nitrogens is 2. The van der Waals surface area contributed by atoms with Crippen LogP contribution in [-0.2, 0) is 10.3 Å². The highest BCUT2D eigenvalue weighted by atomic mass is 35.5. The fourth-order valence-corrected chi connectivity index (χ4v) is 4.56. The van der Waals surface area contributed by atoms with Crippen LogP contribution in [0.1, 0.15) is 40.3 Å².